The molecule has 18 aliphatic carbocycles. The molecule has 0 heterocycles. The summed E-state index contributed by atoms with van der Waals surface area (Å²) in [7, 11) is 0. The van der Waals surface area contributed by atoms with Crippen molar-refractivity contribution in [3.63, 3.8) is 0 Å². The van der Waals surface area contributed by atoms with Crippen LogP contribution in [0.4, 0.5) is 0 Å². The predicted octanol–water partition coefficient (Wildman–Crippen LogP) is 22.7. The van der Waals surface area contributed by atoms with Gasteiger partial charge in [-0.1, -0.05) is 72.6 Å². The van der Waals surface area contributed by atoms with Crippen LogP contribution in [0.15, 0.2) is 72.9 Å². The zero-order chi connectivity index (χ0) is 79.5. The van der Waals surface area contributed by atoms with Gasteiger partial charge in [0.25, 0.3) is 0 Å². The predicted molar refractivity (Wildman–Crippen MR) is 428 cm³/mol. The van der Waals surface area contributed by atoms with Crippen molar-refractivity contribution in [1.29, 1.82) is 5.26 Å². The van der Waals surface area contributed by atoms with Gasteiger partial charge in [-0.15, -0.1) is 0 Å². The van der Waals surface area contributed by atoms with Gasteiger partial charge in [0.2, 0.25) is 0 Å². The van der Waals surface area contributed by atoms with E-state index >= 15 is 0 Å². The molecule has 0 saturated heterocycles. The highest BCUT2D eigenvalue weighted by Crippen LogP contribution is 2.74. The molecule has 0 aromatic carbocycles. The zero-order valence-corrected chi connectivity index (χ0v) is 70.7. The van der Waals surface area contributed by atoms with Gasteiger partial charge in [-0.3, -0.25) is 0 Å². The standard InChI is InChI=1S/C21H31NO2.C18H26O2.C17H26O2.C15H22O2.C13H22O2.C11H18O2/c1-14(2)17(23)24-19(5,6)21-10-15-7-16(11-21)9-20(8-15,12-21)18(3,4)13-22;1-4-18(20-17(19)10(2)3)9-13-8-14(18)16-12-6-5-11(7-12)15(13)16;1-11(2)15(18)19-16(3,4)17-8-12-5-13(9-17)7-14(6-12)10-17;1-9(2)14(16)17-15(3)12-5-10-4-11(7-12)8-13(15)6-10;1-10(2)12(14)15-13(3,4)11-8-6-5-7-9-11;1-4-11(7-5-6-8-11)13-10(12)9(2)3/h15-16H,1,7-12H2,2-6H3;11-16H,2,4-9H2,1,3H3;12-14H,1,5-10H2,2-4H3;10-13H,1,4-8H2,2-3H3;11H,1,5-9H2,2-4H3;2,4-8H2,1,3H3. The van der Waals surface area contributed by atoms with Crippen LogP contribution in [-0.4, -0.2) is 69.4 Å². The third kappa shape index (κ3) is 17.3. The van der Waals surface area contributed by atoms with Gasteiger partial charge in [-0.2, -0.15) is 5.26 Å². The molecule has 0 aromatic heterocycles. The van der Waals surface area contributed by atoms with Gasteiger partial charge in [-0.25, -0.2) is 28.8 Å². The molecule has 0 aromatic rings. The summed E-state index contributed by atoms with van der Waals surface area (Å²) >= 11 is 0. The summed E-state index contributed by atoms with van der Waals surface area (Å²) < 4.78 is 34.6. The smallest absolute Gasteiger partial charge is 0.333 e. The Morgan fingerprint density at radius 1 is 0.407 bits per heavy atom. The number of ether oxygens (including phenoxy) is 6. The quantitative estimate of drug-likeness (QED) is 0.0548. The number of rotatable bonds is 18. The Hall–Kier alpha value is -5.25. The third-order valence-electron chi connectivity index (χ3n) is 32.3. The normalized spacial score (nSPS) is 37.4. The van der Waals surface area contributed by atoms with Gasteiger partial charge in [0.1, 0.15) is 33.6 Å². The molecule has 0 spiro atoms. The Morgan fingerprint density at radius 3 is 1.25 bits per heavy atom. The van der Waals surface area contributed by atoms with Crippen LogP contribution in [0.25, 0.3) is 0 Å². The Morgan fingerprint density at radius 2 is 0.806 bits per heavy atom. The first-order chi connectivity index (χ1) is 50.3. The number of esters is 6. The van der Waals surface area contributed by atoms with Crippen LogP contribution in [0.2, 0.25) is 0 Å². The molecule has 602 valence electrons. The average Bonchev–Trinajstić information content (AvgIpc) is 1.03. The van der Waals surface area contributed by atoms with Gasteiger partial charge < -0.3 is 28.4 Å². The van der Waals surface area contributed by atoms with Crippen molar-refractivity contribution in [2.75, 3.05) is 0 Å². The van der Waals surface area contributed by atoms with Gasteiger partial charge >= 0.3 is 35.8 Å². The van der Waals surface area contributed by atoms with Gasteiger partial charge in [0.05, 0.1) is 11.5 Å². The highest BCUT2D eigenvalue weighted by atomic mass is 16.6. The highest BCUT2D eigenvalue weighted by Gasteiger charge is 2.70. The molecule has 0 amide bonds. The molecule has 0 radical (unpaired) electrons. The summed E-state index contributed by atoms with van der Waals surface area (Å²) in [5.41, 5.74) is 1.26. The second-order valence-corrected chi connectivity index (χ2v) is 41.4. The Kier molecular flexibility index (Phi) is 25.5. The third-order valence-corrected chi connectivity index (χ3v) is 32.3. The summed E-state index contributed by atoms with van der Waals surface area (Å²) in [6.07, 6.45) is 40.7. The fourth-order valence-corrected chi connectivity index (χ4v) is 26.7. The van der Waals surface area contributed by atoms with Crippen LogP contribution in [0, 0.1) is 128 Å². The minimum absolute atomic E-state index is 0.00366. The first-order valence-electron chi connectivity index (χ1n) is 43.1. The summed E-state index contributed by atoms with van der Waals surface area (Å²) in [6.45, 7) is 55.5. The van der Waals surface area contributed by atoms with Crippen LogP contribution in [0.1, 0.15) is 330 Å². The molecule has 0 N–H and O–H groups in total. The van der Waals surface area contributed by atoms with E-state index in [0.717, 1.165) is 123 Å². The largest absolute Gasteiger partial charge is 0.456 e. The van der Waals surface area contributed by atoms with Crippen molar-refractivity contribution in [1.82, 2.24) is 0 Å². The fourth-order valence-electron chi connectivity index (χ4n) is 26.7. The molecule has 0 aliphatic heterocycles. The lowest BCUT2D eigenvalue weighted by atomic mass is 9.37. The summed E-state index contributed by atoms with van der Waals surface area (Å²) in [4.78, 5) is 70.8. The second kappa shape index (κ2) is 32.3. The molecule has 18 aliphatic rings. The Labute approximate surface area is 653 Å². The molecule has 18 saturated carbocycles. The molecule has 18 rings (SSSR count). The maximum Gasteiger partial charge on any atom is 0.333 e. The van der Waals surface area contributed by atoms with Crippen molar-refractivity contribution in [2.45, 2.75) is 363 Å². The maximum absolute atomic E-state index is 12.2. The summed E-state index contributed by atoms with van der Waals surface area (Å²) in [6, 6.07) is 2.60. The van der Waals surface area contributed by atoms with Crippen molar-refractivity contribution < 1.29 is 57.2 Å². The van der Waals surface area contributed by atoms with Gasteiger partial charge in [0.15, 0.2) is 0 Å². The van der Waals surface area contributed by atoms with Crippen LogP contribution in [0.5, 0.6) is 0 Å². The van der Waals surface area contributed by atoms with Crippen molar-refractivity contribution in [3.05, 3.63) is 72.9 Å². The molecule has 108 heavy (non-hydrogen) atoms. The number of nitrogens with zero attached hydrogens (tertiary/aromatic N) is 1. The molecule has 13 nitrogen and oxygen atoms in total. The van der Waals surface area contributed by atoms with Crippen molar-refractivity contribution in [2.24, 2.45) is 116 Å². The van der Waals surface area contributed by atoms with E-state index in [2.05, 4.69) is 108 Å². The molecule has 16 bridgehead atoms. The second-order valence-electron chi connectivity index (χ2n) is 41.4. The molecule has 9 atom stereocenters. The molecule has 18 fully saturated rings. The minimum atomic E-state index is -0.516. The summed E-state index contributed by atoms with van der Waals surface area (Å²) in [5.74, 6) is 11.4. The van der Waals surface area contributed by atoms with Gasteiger partial charge in [-0.05, 0) is 391 Å². The average molecular weight is 1490 g/mol. The Bertz CT molecular complexity index is 3400. The molecular weight excluding hydrogens is 1350 g/mol. The number of fused-ring (bicyclic) bond motifs is 9. The lowest BCUT2D eigenvalue weighted by molar-refractivity contribution is -0.225. The van der Waals surface area contributed by atoms with Gasteiger partial charge in [0, 0.05) is 50.2 Å². The number of carbonyl (C=O) groups excluding carboxylic acids is 6. The van der Waals surface area contributed by atoms with E-state index in [1.807, 2.05) is 13.8 Å². The zero-order valence-electron chi connectivity index (χ0n) is 70.7. The van der Waals surface area contributed by atoms with E-state index in [9.17, 15) is 34.0 Å². The Balaban J connectivity index is 0.000000140. The number of nitriles is 1. The summed E-state index contributed by atoms with van der Waals surface area (Å²) in [5, 5.41) is 9.81. The molecular formula is C95H145NO12. The SMILES string of the molecule is C=C(C)C(=O)OC(C)(C)C12CC3CC(CC(C(C)(C)C#N)(C3)C1)C2.C=C(C)C(=O)OC(C)(C)C12CC3CC(CC(C3)C1)C2.C=C(C)C(=O)OC(C)(C)C1CCCCC1.C=C(C)C(=O)OC1(C)C2CC3CC(C2)CC1C3.C=C(C)C(=O)OC1(CC)CC2CC1C1C3CCC(C3)C21.C=C(C)C(=O)OC1(CC)CCCC1. The molecule has 9 unspecified atom stereocenters. The lowest BCUT2D eigenvalue weighted by Gasteiger charge is -2.68. The van der Waals surface area contributed by atoms with E-state index in [0.29, 0.717) is 68.9 Å². The number of hydrogen-bond acceptors (Lipinski definition) is 13. The number of hydrogen-bond donors (Lipinski definition) is 0. The molecule has 13 heteroatoms. The first kappa shape index (κ1) is 85.2. The van der Waals surface area contributed by atoms with E-state index in [1.165, 1.54) is 148 Å². The van der Waals surface area contributed by atoms with E-state index < -0.39 is 5.60 Å². The fraction of sp³-hybridized carbons (Fsp3) is 0.800. The lowest BCUT2D eigenvalue weighted by Crippen LogP contribution is -2.63. The van der Waals surface area contributed by atoms with Crippen molar-refractivity contribution in [3.8, 4) is 6.07 Å². The van der Waals surface area contributed by atoms with Crippen LogP contribution in [-0.2, 0) is 57.2 Å². The first-order valence-corrected chi connectivity index (χ1v) is 43.1. The minimum Gasteiger partial charge on any atom is -0.456 e. The van der Waals surface area contributed by atoms with E-state index in [4.69, 9.17) is 28.4 Å². The highest BCUT2D eigenvalue weighted by molar-refractivity contribution is 5.89. The number of carbonyl (C=O) groups is 6. The monoisotopic (exact) mass is 1490 g/mol. The topological polar surface area (TPSA) is 182 Å². The van der Waals surface area contributed by atoms with E-state index in [1.54, 1.807) is 41.5 Å². The van der Waals surface area contributed by atoms with Crippen LogP contribution < -0.4 is 0 Å². The van der Waals surface area contributed by atoms with Crippen LogP contribution >= 0.6 is 0 Å². The van der Waals surface area contributed by atoms with Crippen molar-refractivity contribution >= 4 is 35.8 Å². The van der Waals surface area contributed by atoms with Crippen LogP contribution in [0.3, 0.4) is 0 Å². The van der Waals surface area contributed by atoms with E-state index in [-0.39, 0.29) is 85.5 Å². The maximum atomic E-state index is 12.2.